The van der Waals surface area contributed by atoms with Crippen molar-refractivity contribution in [2.75, 3.05) is 5.33 Å². The van der Waals surface area contributed by atoms with Crippen LogP contribution in [-0.2, 0) is 5.41 Å². The molecular formula is C10H14BrN. The number of alkyl halides is 1. The second-order valence-corrected chi connectivity index (χ2v) is 4.24. The normalized spacial score (nSPS) is 11.7. The Bertz CT molecular complexity index is 268. The largest absolute Gasteiger partial charge is 0.258 e. The average molecular weight is 228 g/mol. The molecular weight excluding hydrogens is 214 g/mol. The summed E-state index contributed by atoms with van der Waals surface area (Å²) in [5.41, 5.74) is 2.37. The van der Waals surface area contributed by atoms with Crippen molar-refractivity contribution in [1.82, 2.24) is 4.98 Å². The molecule has 12 heavy (non-hydrogen) atoms. The van der Waals surface area contributed by atoms with E-state index in [0.29, 0.717) is 0 Å². The molecule has 0 spiro atoms. The Balaban J connectivity index is 3.03. The van der Waals surface area contributed by atoms with Crippen LogP contribution in [0.25, 0.3) is 0 Å². The summed E-state index contributed by atoms with van der Waals surface area (Å²) < 4.78 is 0. The molecule has 0 aliphatic carbocycles. The van der Waals surface area contributed by atoms with Gasteiger partial charge in [-0.1, -0.05) is 35.8 Å². The summed E-state index contributed by atoms with van der Waals surface area (Å²) in [7, 11) is 0. The van der Waals surface area contributed by atoms with E-state index in [1.807, 2.05) is 13.0 Å². The Morgan fingerprint density at radius 1 is 1.42 bits per heavy atom. The Labute approximate surface area is 82.3 Å². The van der Waals surface area contributed by atoms with Crippen LogP contribution in [0.3, 0.4) is 0 Å². The van der Waals surface area contributed by atoms with E-state index < -0.39 is 0 Å². The lowest BCUT2D eigenvalue weighted by Crippen LogP contribution is -2.20. The highest BCUT2D eigenvalue weighted by Crippen LogP contribution is 2.23. The molecule has 0 saturated heterocycles. The standard InChI is InChI=1S/C10H14BrN/c1-8-5-4-6-9(12-8)10(2,3)7-11/h4-6H,7H2,1-3H3. The van der Waals surface area contributed by atoms with Crippen LogP contribution >= 0.6 is 15.9 Å². The molecule has 66 valence electrons. The van der Waals surface area contributed by atoms with Crippen molar-refractivity contribution in [3.05, 3.63) is 29.6 Å². The van der Waals surface area contributed by atoms with Crippen LogP contribution in [0.2, 0.25) is 0 Å². The Morgan fingerprint density at radius 3 is 2.58 bits per heavy atom. The SMILES string of the molecule is Cc1cccc(C(C)(C)CBr)n1. The zero-order valence-corrected chi connectivity index (χ0v) is 9.35. The maximum Gasteiger partial charge on any atom is 0.0471 e. The summed E-state index contributed by atoms with van der Waals surface area (Å²) in [6.45, 7) is 6.39. The van der Waals surface area contributed by atoms with Gasteiger partial charge >= 0.3 is 0 Å². The quantitative estimate of drug-likeness (QED) is 0.709. The number of hydrogen-bond acceptors (Lipinski definition) is 1. The zero-order chi connectivity index (χ0) is 9.19. The van der Waals surface area contributed by atoms with Crippen LogP contribution < -0.4 is 0 Å². The number of rotatable bonds is 2. The highest BCUT2D eigenvalue weighted by atomic mass is 79.9. The highest BCUT2D eigenvalue weighted by molar-refractivity contribution is 9.09. The summed E-state index contributed by atoms with van der Waals surface area (Å²) in [5, 5.41) is 0.941. The summed E-state index contributed by atoms with van der Waals surface area (Å²) in [5.74, 6) is 0. The minimum atomic E-state index is 0.131. The number of aromatic nitrogens is 1. The molecule has 1 aromatic rings. The third kappa shape index (κ3) is 2.07. The topological polar surface area (TPSA) is 12.9 Å². The van der Waals surface area contributed by atoms with E-state index in [4.69, 9.17) is 0 Å². The number of aryl methyl sites for hydroxylation is 1. The van der Waals surface area contributed by atoms with Crippen LogP contribution in [0.15, 0.2) is 18.2 Å². The summed E-state index contributed by atoms with van der Waals surface area (Å²) in [6, 6.07) is 6.16. The predicted octanol–water partition coefficient (Wildman–Crippen LogP) is 3.06. The lowest BCUT2D eigenvalue weighted by molar-refractivity contribution is 0.582. The van der Waals surface area contributed by atoms with Crippen LogP contribution in [0.4, 0.5) is 0 Å². The van der Waals surface area contributed by atoms with Crippen LogP contribution in [0.1, 0.15) is 25.2 Å². The molecule has 0 amide bonds. The second kappa shape index (κ2) is 3.56. The number of nitrogens with zero attached hydrogens (tertiary/aromatic N) is 1. The first-order chi connectivity index (χ1) is 5.56. The molecule has 0 aliphatic rings. The van der Waals surface area contributed by atoms with Gasteiger partial charge in [0, 0.05) is 22.1 Å². The molecule has 0 radical (unpaired) electrons. The Morgan fingerprint density at radius 2 is 2.08 bits per heavy atom. The van der Waals surface area contributed by atoms with Gasteiger partial charge in [0.1, 0.15) is 0 Å². The lowest BCUT2D eigenvalue weighted by Gasteiger charge is -2.20. The van der Waals surface area contributed by atoms with Gasteiger partial charge in [-0.15, -0.1) is 0 Å². The van der Waals surface area contributed by atoms with E-state index in [9.17, 15) is 0 Å². The third-order valence-corrected chi connectivity index (χ3v) is 3.32. The molecule has 1 heterocycles. The molecule has 0 unspecified atom stereocenters. The van der Waals surface area contributed by atoms with Crippen molar-refractivity contribution in [3.63, 3.8) is 0 Å². The number of pyridine rings is 1. The van der Waals surface area contributed by atoms with Gasteiger partial charge in [0.15, 0.2) is 0 Å². The van der Waals surface area contributed by atoms with Gasteiger partial charge in [-0.2, -0.15) is 0 Å². The Kier molecular flexibility index (Phi) is 2.89. The molecule has 1 aromatic heterocycles. The van der Waals surface area contributed by atoms with Crippen molar-refractivity contribution in [3.8, 4) is 0 Å². The lowest BCUT2D eigenvalue weighted by atomic mass is 9.91. The van der Waals surface area contributed by atoms with E-state index in [1.165, 1.54) is 0 Å². The van der Waals surface area contributed by atoms with Crippen molar-refractivity contribution in [2.24, 2.45) is 0 Å². The zero-order valence-electron chi connectivity index (χ0n) is 7.76. The first kappa shape index (κ1) is 9.72. The monoisotopic (exact) mass is 227 g/mol. The fraction of sp³-hybridized carbons (Fsp3) is 0.500. The number of halogens is 1. The van der Waals surface area contributed by atoms with Crippen molar-refractivity contribution in [2.45, 2.75) is 26.2 Å². The highest BCUT2D eigenvalue weighted by Gasteiger charge is 2.19. The van der Waals surface area contributed by atoms with Gasteiger partial charge in [0.2, 0.25) is 0 Å². The predicted molar refractivity (Wildman–Crippen MR) is 55.8 cm³/mol. The molecule has 1 rings (SSSR count). The average Bonchev–Trinajstić information content (AvgIpc) is 2.05. The minimum Gasteiger partial charge on any atom is -0.258 e. The van der Waals surface area contributed by atoms with Crippen LogP contribution in [0.5, 0.6) is 0 Å². The molecule has 0 fully saturated rings. The van der Waals surface area contributed by atoms with Crippen LogP contribution in [-0.4, -0.2) is 10.3 Å². The molecule has 0 bridgehead atoms. The molecule has 0 atom stereocenters. The molecule has 0 aliphatic heterocycles. The minimum absolute atomic E-state index is 0.131. The van der Waals surface area contributed by atoms with Crippen LogP contribution in [0, 0.1) is 6.92 Å². The summed E-state index contributed by atoms with van der Waals surface area (Å²) >= 11 is 3.49. The van der Waals surface area contributed by atoms with Gasteiger partial charge in [-0.25, -0.2) is 0 Å². The maximum atomic E-state index is 4.49. The van der Waals surface area contributed by atoms with Gasteiger partial charge in [-0.3, -0.25) is 4.98 Å². The van der Waals surface area contributed by atoms with E-state index in [-0.39, 0.29) is 5.41 Å². The fourth-order valence-electron chi connectivity index (χ4n) is 0.988. The van der Waals surface area contributed by atoms with E-state index in [0.717, 1.165) is 16.7 Å². The maximum absolute atomic E-state index is 4.49. The van der Waals surface area contributed by atoms with E-state index >= 15 is 0 Å². The fourth-order valence-corrected chi connectivity index (χ4v) is 1.28. The van der Waals surface area contributed by atoms with Gasteiger partial charge in [0.25, 0.3) is 0 Å². The first-order valence-electron chi connectivity index (χ1n) is 4.06. The van der Waals surface area contributed by atoms with E-state index in [2.05, 4.69) is 46.9 Å². The van der Waals surface area contributed by atoms with Gasteiger partial charge in [0.05, 0.1) is 0 Å². The van der Waals surface area contributed by atoms with Gasteiger partial charge in [-0.05, 0) is 19.1 Å². The van der Waals surface area contributed by atoms with Crippen molar-refractivity contribution in [1.29, 1.82) is 0 Å². The van der Waals surface area contributed by atoms with Gasteiger partial charge < -0.3 is 0 Å². The Hall–Kier alpha value is -0.370. The molecule has 0 saturated carbocycles. The molecule has 2 heteroatoms. The summed E-state index contributed by atoms with van der Waals surface area (Å²) in [4.78, 5) is 4.49. The van der Waals surface area contributed by atoms with E-state index in [1.54, 1.807) is 0 Å². The van der Waals surface area contributed by atoms with Crippen molar-refractivity contribution >= 4 is 15.9 Å². The number of hydrogen-bond donors (Lipinski definition) is 0. The molecule has 1 nitrogen and oxygen atoms in total. The third-order valence-electron chi connectivity index (χ3n) is 1.92. The van der Waals surface area contributed by atoms with Crippen molar-refractivity contribution < 1.29 is 0 Å². The first-order valence-corrected chi connectivity index (χ1v) is 5.18. The smallest absolute Gasteiger partial charge is 0.0471 e. The second-order valence-electron chi connectivity index (χ2n) is 3.68. The molecule has 0 N–H and O–H groups in total. The molecule has 0 aromatic carbocycles. The summed E-state index contributed by atoms with van der Waals surface area (Å²) in [6.07, 6.45) is 0.